The Bertz CT molecular complexity index is 2970. The van der Waals surface area contributed by atoms with Gasteiger partial charge in [-0.1, -0.05) is 36.4 Å². The topological polar surface area (TPSA) is 168 Å². The van der Waals surface area contributed by atoms with Gasteiger partial charge >= 0.3 is 0 Å². The molecule has 0 aliphatic carbocycles. The molecule has 5 heterocycles. The molecule has 3 aliphatic heterocycles. The Morgan fingerprint density at radius 1 is 0.557 bits per heavy atom. The van der Waals surface area contributed by atoms with E-state index in [0.717, 1.165) is 0 Å². The number of phenols is 3. The number of rotatable bonds is 8. The molecule has 1 atom stereocenters. The van der Waals surface area contributed by atoms with Crippen LogP contribution in [0.15, 0.2) is 84.9 Å². The van der Waals surface area contributed by atoms with Crippen molar-refractivity contribution in [2.45, 2.75) is 31.8 Å². The molecule has 14 heteroatoms. The van der Waals surface area contributed by atoms with Crippen molar-refractivity contribution in [1.29, 1.82) is 0 Å². The van der Waals surface area contributed by atoms with Gasteiger partial charge in [0.15, 0.2) is 17.4 Å². The Labute approximate surface area is 345 Å². The maximum absolute atomic E-state index is 16.5. The van der Waals surface area contributed by atoms with E-state index in [-0.39, 0.29) is 52.7 Å². The lowest BCUT2D eigenvalue weighted by molar-refractivity contribution is 0.0504. The molecule has 61 heavy (non-hydrogen) atoms. The summed E-state index contributed by atoms with van der Waals surface area (Å²) in [6.45, 7) is -1.67. The fourth-order valence-corrected chi connectivity index (χ4v) is 8.17. The van der Waals surface area contributed by atoms with E-state index >= 15 is 17.6 Å². The minimum atomic E-state index is -1.85. The molecule has 2 aromatic heterocycles. The summed E-state index contributed by atoms with van der Waals surface area (Å²) in [6, 6.07) is 23.5. The van der Waals surface area contributed by atoms with Gasteiger partial charge in [-0.2, -0.15) is 8.78 Å². The van der Waals surface area contributed by atoms with Crippen LogP contribution in [0.3, 0.4) is 0 Å². The SMILES string of the molecule is OCC(O)COc1c(F)c(F)c(-c2c3nc(c(-c4cccc(O)c4)c4ccc([nH]4)c(-c4cccc(O)c4)c4nc(c(-c5cccc(O)c5)c5[nH]c2CC5)CC4)C=C3)c(F)c1F. The third-order valence-corrected chi connectivity index (χ3v) is 10.9. The van der Waals surface area contributed by atoms with Gasteiger partial charge in [-0.15, -0.1) is 0 Å². The fraction of sp³-hybridized carbons (Fsp3) is 0.149. The highest BCUT2D eigenvalue weighted by atomic mass is 19.2. The van der Waals surface area contributed by atoms with Crippen LogP contribution in [0, 0.1) is 23.3 Å². The van der Waals surface area contributed by atoms with Crippen LogP contribution in [0.1, 0.15) is 34.2 Å². The first-order valence-electron chi connectivity index (χ1n) is 19.4. The third-order valence-electron chi connectivity index (χ3n) is 10.9. The smallest absolute Gasteiger partial charge is 0.204 e. The van der Waals surface area contributed by atoms with Crippen LogP contribution in [0.5, 0.6) is 23.0 Å². The number of aromatic amines is 2. The van der Waals surface area contributed by atoms with Crippen molar-refractivity contribution in [3.05, 3.63) is 142 Å². The van der Waals surface area contributed by atoms with Gasteiger partial charge in [-0.05, 0) is 103 Å². The minimum absolute atomic E-state index is 0.0165. The largest absolute Gasteiger partial charge is 0.508 e. The Morgan fingerprint density at radius 2 is 1.05 bits per heavy atom. The fourth-order valence-electron chi connectivity index (χ4n) is 8.17. The average Bonchev–Trinajstić information content (AvgIpc) is 4.09. The second-order valence-corrected chi connectivity index (χ2v) is 14.8. The summed E-state index contributed by atoms with van der Waals surface area (Å²) in [5.41, 5.74) is 5.69. The standard InChI is InChI=1S/C47H36F4N4O6/c48-43-42(44(49)46(51)47(45(43)50)61-22-29(60)21-56)41-36-16-14-34(54-36)39(24-5-2-8-27(58)19-24)32-12-10-30(52-32)38(23-4-1-7-26(57)18-23)31-11-13-33(53-31)40(35-15-17-37(41)55-35)25-6-3-9-28(59)20-25/h1-10,12,14,16,18-20,29,52,55-60H,11,13,15,17,21-22H2. The normalized spacial score (nSPS) is 13.3. The van der Waals surface area contributed by atoms with E-state index in [2.05, 4.69) is 9.97 Å². The van der Waals surface area contributed by atoms with Crippen LogP contribution in [0.2, 0.25) is 0 Å². The van der Waals surface area contributed by atoms with Crippen LogP contribution < -0.4 is 4.74 Å². The van der Waals surface area contributed by atoms with Crippen molar-refractivity contribution in [3.8, 4) is 67.5 Å². The van der Waals surface area contributed by atoms with Gasteiger partial charge in [0.25, 0.3) is 0 Å². The van der Waals surface area contributed by atoms with Gasteiger partial charge < -0.3 is 40.2 Å². The van der Waals surface area contributed by atoms with Crippen molar-refractivity contribution < 1.29 is 47.8 Å². The third kappa shape index (κ3) is 7.19. The molecule has 6 aromatic rings. The van der Waals surface area contributed by atoms with Crippen molar-refractivity contribution in [1.82, 2.24) is 19.9 Å². The summed E-state index contributed by atoms with van der Waals surface area (Å²) < 4.78 is 69.6. The zero-order valence-corrected chi connectivity index (χ0v) is 32.1. The Kier molecular flexibility index (Phi) is 10.2. The number of halogens is 4. The van der Waals surface area contributed by atoms with Crippen LogP contribution >= 0.6 is 0 Å². The molecule has 0 saturated heterocycles. The molecule has 0 radical (unpaired) electrons. The maximum Gasteiger partial charge on any atom is 0.204 e. The summed E-state index contributed by atoms with van der Waals surface area (Å²) in [6.07, 6.45) is 2.75. The molecule has 9 rings (SSSR count). The van der Waals surface area contributed by atoms with Crippen LogP contribution in [0.4, 0.5) is 17.6 Å². The molecular weight excluding hydrogens is 793 g/mol. The summed E-state index contributed by atoms with van der Waals surface area (Å²) in [5.74, 6) is -8.67. The highest BCUT2D eigenvalue weighted by molar-refractivity contribution is 5.95. The molecule has 7 N–H and O–H groups in total. The summed E-state index contributed by atoms with van der Waals surface area (Å²) in [4.78, 5) is 16.9. The van der Waals surface area contributed by atoms with E-state index in [1.807, 2.05) is 18.2 Å². The number of ether oxygens (including phenoxy) is 1. The number of aryl methyl sites for hydroxylation is 4. The van der Waals surface area contributed by atoms with Gasteiger partial charge in [0.1, 0.15) is 30.0 Å². The van der Waals surface area contributed by atoms with Crippen molar-refractivity contribution in [2.24, 2.45) is 0 Å². The first-order valence-corrected chi connectivity index (χ1v) is 19.4. The van der Waals surface area contributed by atoms with Crippen molar-refractivity contribution in [2.75, 3.05) is 13.2 Å². The highest BCUT2D eigenvalue weighted by Gasteiger charge is 2.32. The Morgan fingerprint density at radius 3 is 1.61 bits per heavy atom. The Balaban J connectivity index is 1.44. The molecule has 1 unspecified atom stereocenters. The molecule has 8 bridgehead atoms. The van der Waals surface area contributed by atoms with E-state index in [4.69, 9.17) is 14.7 Å². The van der Waals surface area contributed by atoms with Gasteiger partial charge in [0, 0.05) is 44.7 Å². The number of aliphatic hydroxyl groups is 2. The molecule has 0 saturated carbocycles. The minimum Gasteiger partial charge on any atom is -0.508 e. The molecule has 3 aliphatic rings. The van der Waals surface area contributed by atoms with Crippen molar-refractivity contribution >= 4 is 23.2 Å². The average molecular weight is 829 g/mol. The van der Waals surface area contributed by atoms with Crippen LogP contribution in [-0.2, 0) is 25.7 Å². The monoisotopic (exact) mass is 828 g/mol. The highest BCUT2D eigenvalue weighted by Crippen LogP contribution is 2.43. The lowest BCUT2D eigenvalue weighted by Gasteiger charge is -2.16. The molecule has 0 spiro atoms. The lowest BCUT2D eigenvalue weighted by Crippen LogP contribution is -2.22. The quantitative estimate of drug-likeness (QED) is 0.0589. The number of benzene rings is 4. The zero-order chi connectivity index (χ0) is 42.5. The predicted molar refractivity (Wildman–Crippen MR) is 221 cm³/mol. The van der Waals surface area contributed by atoms with E-state index in [0.29, 0.717) is 74.3 Å². The van der Waals surface area contributed by atoms with Gasteiger partial charge in [0.2, 0.25) is 11.6 Å². The summed E-state index contributed by atoms with van der Waals surface area (Å²) >= 11 is 0. The van der Waals surface area contributed by atoms with Gasteiger partial charge in [-0.3, -0.25) is 4.98 Å². The van der Waals surface area contributed by atoms with E-state index in [1.54, 1.807) is 54.6 Å². The number of fused-ring (bicyclic) bond motifs is 8. The van der Waals surface area contributed by atoms with Gasteiger partial charge in [0.05, 0.1) is 34.9 Å². The number of nitrogens with one attached hydrogen (secondary N) is 2. The number of nitrogens with zero attached hydrogens (tertiary/aromatic N) is 2. The second-order valence-electron chi connectivity index (χ2n) is 14.8. The number of H-pyrrole nitrogens is 2. The van der Waals surface area contributed by atoms with E-state index in [9.17, 15) is 25.5 Å². The number of hydrogen-bond donors (Lipinski definition) is 7. The van der Waals surface area contributed by atoms with E-state index < -0.39 is 53.9 Å². The van der Waals surface area contributed by atoms with Crippen molar-refractivity contribution in [3.63, 3.8) is 0 Å². The number of aliphatic hydroxyl groups excluding tert-OH is 2. The lowest BCUT2D eigenvalue weighted by atomic mass is 9.97. The maximum atomic E-state index is 16.5. The molecule has 308 valence electrons. The predicted octanol–water partition coefficient (Wildman–Crippen LogP) is 8.85. The molecule has 0 amide bonds. The molecular formula is C47H36F4N4O6. The summed E-state index contributed by atoms with van der Waals surface area (Å²) in [7, 11) is 0. The second kappa shape index (κ2) is 15.8. The number of hydrogen-bond acceptors (Lipinski definition) is 8. The first-order chi connectivity index (χ1) is 29.5. The number of aromatic nitrogens is 4. The summed E-state index contributed by atoms with van der Waals surface area (Å²) in [5, 5.41) is 50.8. The number of phenolic OH excluding ortho intramolecular Hbond substituents is 3. The van der Waals surface area contributed by atoms with E-state index in [1.165, 1.54) is 24.3 Å². The van der Waals surface area contributed by atoms with Crippen LogP contribution in [0.25, 0.3) is 67.7 Å². The number of aromatic hydroxyl groups is 3. The zero-order valence-electron chi connectivity index (χ0n) is 32.1. The van der Waals surface area contributed by atoms with Gasteiger partial charge in [-0.25, -0.2) is 13.8 Å². The molecule has 0 fully saturated rings. The Hall–Kier alpha value is -7.16. The molecule has 4 aromatic carbocycles. The first kappa shape index (κ1) is 39.3. The van der Waals surface area contributed by atoms with Crippen LogP contribution in [-0.4, -0.2) is 64.8 Å². The molecule has 10 nitrogen and oxygen atoms in total.